The average Bonchev–Trinajstić information content (AvgIpc) is 2.57. The Morgan fingerprint density at radius 1 is 1.36 bits per heavy atom. The summed E-state index contributed by atoms with van der Waals surface area (Å²) in [7, 11) is 3.12. The van der Waals surface area contributed by atoms with Crippen LogP contribution < -0.4 is 14.8 Å². The maximum Gasteiger partial charge on any atom is 0.321 e. The molecule has 25 heavy (non-hydrogen) atoms. The van der Waals surface area contributed by atoms with E-state index in [4.69, 9.17) is 9.47 Å². The molecule has 7 nitrogen and oxygen atoms in total. The molecule has 1 aliphatic heterocycles. The van der Waals surface area contributed by atoms with E-state index >= 15 is 0 Å². The second-order valence-electron chi connectivity index (χ2n) is 6.26. The zero-order valence-electron chi connectivity index (χ0n) is 15.1. The number of urea groups is 1. The normalized spacial score (nSPS) is 19.4. The number of rotatable bonds is 5. The van der Waals surface area contributed by atoms with Crippen molar-refractivity contribution < 1.29 is 19.4 Å². The van der Waals surface area contributed by atoms with Gasteiger partial charge in [0, 0.05) is 48.8 Å². The largest absolute Gasteiger partial charge is 0.493 e. The lowest BCUT2D eigenvalue weighted by Crippen LogP contribution is -2.55. The number of piperazine rings is 1. The molecule has 0 radical (unpaired) electrons. The van der Waals surface area contributed by atoms with Gasteiger partial charge in [-0.15, -0.1) is 0 Å². The summed E-state index contributed by atoms with van der Waals surface area (Å²) in [4.78, 5) is 16.6. The fourth-order valence-electron chi connectivity index (χ4n) is 2.93. The van der Waals surface area contributed by atoms with E-state index in [0.29, 0.717) is 36.8 Å². The van der Waals surface area contributed by atoms with E-state index in [1.165, 1.54) is 0 Å². The lowest BCUT2D eigenvalue weighted by atomic mass is 10.2. The quantitative estimate of drug-likeness (QED) is 0.771. The Bertz CT molecular complexity index is 612. The van der Waals surface area contributed by atoms with Crippen LogP contribution in [0.4, 0.5) is 10.5 Å². The molecule has 0 aliphatic carbocycles. The highest BCUT2D eigenvalue weighted by Gasteiger charge is 2.27. The number of anilines is 1. The number of hydrogen-bond donors (Lipinski definition) is 2. The van der Waals surface area contributed by atoms with Crippen molar-refractivity contribution in [2.24, 2.45) is 0 Å². The van der Waals surface area contributed by atoms with E-state index in [2.05, 4.69) is 33.1 Å². The van der Waals surface area contributed by atoms with Gasteiger partial charge in [0.1, 0.15) is 0 Å². The molecule has 0 bridgehead atoms. The van der Waals surface area contributed by atoms with Gasteiger partial charge in [-0.1, -0.05) is 0 Å². The number of carbonyl (C=O) groups is 1. The monoisotopic (exact) mass is 415 g/mol. The number of ether oxygens (including phenoxy) is 2. The third kappa shape index (κ3) is 4.99. The molecule has 0 saturated carbocycles. The molecule has 2 atom stereocenters. The van der Waals surface area contributed by atoms with Gasteiger partial charge in [-0.05, 0) is 29.8 Å². The van der Waals surface area contributed by atoms with Crippen molar-refractivity contribution in [1.29, 1.82) is 0 Å². The molecule has 1 fully saturated rings. The summed E-state index contributed by atoms with van der Waals surface area (Å²) >= 11 is 3.45. The minimum atomic E-state index is -0.370. The molecule has 2 amide bonds. The summed E-state index contributed by atoms with van der Waals surface area (Å²) < 4.78 is 11.3. The summed E-state index contributed by atoms with van der Waals surface area (Å²) in [6.45, 7) is 6.44. The molecule has 1 aliphatic rings. The first-order valence-corrected chi connectivity index (χ1v) is 9.04. The average molecular weight is 416 g/mol. The van der Waals surface area contributed by atoms with Gasteiger partial charge in [0.15, 0.2) is 11.5 Å². The second-order valence-corrected chi connectivity index (χ2v) is 7.11. The van der Waals surface area contributed by atoms with E-state index in [0.717, 1.165) is 11.0 Å². The standard InChI is InChI=1S/C17H26BrN3O4/c1-11-9-21(6-5-20(11)10-12(2)22)17(23)19-14-8-16(25-4)15(24-3)7-13(14)18/h7-8,11-12,22H,5-6,9-10H2,1-4H3,(H,19,23)/t11-,12-/m0/s1. The first-order chi connectivity index (χ1) is 11.8. The van der Waals surface area contributed by atoms with Crippen LogP contribution in [0.1, 0.15) is 13.8 Å². The first-order valence-electron chi connectivity index (χ1n) is 8.25. The topological polar surface area (TPSA) is 74.3 Å². The Kier molecular flexibility index (Phi) is 6.92. The van der Waals surface area contributed by atoms with Gasteiger partial charge in [-0.3, -0.25) is 4.90 Å². The Morgan fingerprint density at radius 2 is 2.00 bits per heavy atom. The van der Waals surface area contributed by atoms with Crippen molar-refractivity contribution in [3.63, 3.8) is 0 Å². The van der Waals surface area contributed by atoms with Gasteiger partial charge in [0.2, 0.25) is 0 Å². The molecule has 0 aromatic heterocycles. The molecule has 0 spiro atoms. The smallest absolute Gasteiger partial charge is 0.321 e. The molecule has 1 saturated heterocycles. The molecule has 0 unspecified atom stereocenters. The van der Waals surface area contributed by atoms with Gasteiger partial charge >= 0.3 is 6.03 Å². The van der Waals surface area contributed by atoms with Crippen molar-refractivity contribution in [3.8, 4) is 11.5 Å². The highest BCUT2D eigenvalue weighted by Crippen LogP contribution is 2.36. The molecular weight excluding hydrogens is 390 g/mol. The summed E-state index contributed by atoms with van der Waals surface area (Å²) in [5, 5.41) is 12.5. The van der Waals surface area contributed by atoms with Crippen molar-refractivity contribution >= 4 is 27.6 Å². The number of nitrogens with zero attached hydrogens (tertiary/aromatic N) is 2. The van der Waals surface area contributed by atoms with E-state index in [1.807, 2.05) is 0 Å². The van der Waals surface area contributed by atoms with Gasteiger partial charge in [0.05, 0.1) is 26.0 Å². The van der Waals surface area contributed by atoms with Crippen molar-refractivity contribution in [3.05, 3.63) is 16.6 Å². The third-order valence-electron chi connectivity index (χ3n) is 4.27. The van der Waals surface area contributed by atoms with Crippen molar-refractivity contribution in [2.45, 2.75) is 26.0 Å². The van der Waals surface area contributed by atoms with E-state index in [-0.39, 0.29) is 18.2 Å². The zero-order chi connectivity index (χ0) is 18.6. The number of carbonyl (C=O) groups excluding carboxylic acids is 1. The van der Waals surface area contributed by atoms with E-state index in [9.17, 15) is 9.90 Å². The SMILES string of the molecule is COc1cc(Br)c(NC(=O)N2CCN(C[C@H](C)O)[C@@H](C)C2)cc1OC. The number of aliphatic hydroxyl groups excluding tert-OH is 1. The fourth-order valence-corrected chi connectivity index (χ4v) is 3.36. The van der Waals surface area contributed by atoms with Crippen LogP contribution in [-0.2, 0) is 0 Å². The van der Waals surface area contributed by atoms with Gasteiger partial charge in [-0.2, -0.15) is 0 Å². The third-order valence-corrected chi connectivity index (χ3v) is 4.92. The molecule has 8 heteroatoms. The molecule has 2 N–H and O–H groups in total. The lowest BCUT2D eigenvalue weighted by molar-refractivity contribution is 0.0590. The lowest BCUT2D eigenvalue weighted by Gasteiger charge is -2.40. The summed E-state index contributed by atoms with van der Waals surface area (Å²) in [6, 6.07) is 3.53. The van der Waals surface area contributed by atoms with Gasteiger partial charge < -0.3 is 24.8 Å². The highest BCUT2D eigenvalue weighted by molar-refractivity contribution is 9.10. The minimum Gasteiger partial charge on any atom is -0.493 e. The fraction of sp³-hybridized carbons (Fsp3) is 0.588. The molecule has 140 valence electrons. The number of nitrogens with one attached hydrogen (secondary N) is 1. The van der Waals surface area contributed by atoms with Crippen LogP contribution in [0.15, 0.2) is 16.6 Å². The second kappa shape index (κ2) is 8.73. The maximum absolute atomic E-state index is 12.6. The van der Waals surface area contributed by atoms with Crippen molar-refractivity contribution in [2.75, 3.05) is 45.7 Å². The first kappa shape index (κ1) is 19.8. The predicted octanol–water partition coefficient (Wildman–Crippen LogP) is 2.39. The molecule has 1 heterocycles. The Morgan fingerprint density at radius 3 is 2.56 bits per heavy atom. The van der Waals surface area contributed by atoms with Gasteiger partial charge in [0.25, 0.3) is 0 Å². The number of methoxy groups -OCH3 is 2. The zero-order valence-corrected chi connectivity index (χ0v) is 16.7. The predicted molar refractivity (Wildman–Crippen MR) is 101 cm³/mol. The highest BCUT2D eigenvalue weighted by atomic mass is 79.9. The molecule has 2 rings (SSSR count). The van der Waals surface area contributed by atoms with Crippen LogP contribution in [0.2, 0.25) is 0 Å². The minimum absolute atomic E-state index is 0.156. The van der Waals surface area contributed by atoms with Crippen LogP contribution >= 0.6 is 15.9 Å². The molecule has 1 aromatic rings. The number of aliphatic hydroxyl groups is 1. The number of amides is 2. The van der Waals surface area contributed by atoms with Crippen molar-refractivity contribution in [1.82, 2.24) is 9.80 Å². The van der Waals surface area contributed by atoms with Crippen LogP contribution in [0.5, 0.6) is 11.5 Å². The molecular formula is C17H26BrN3O4. The van der Waals surface area contributed by atoms with Crippen LogP contribution in [-0.4, -0.2) is 73.5 Å². The summed E-state index contributed by atoms with van der Waals surface area (Å²) in [5.74, 6) is 1.14. The van der Waals surface area contributed by atoms with Crippen LogP contribution in [0, 0.1) is 0 Å². The van der Waals surface area contributed by atoms with Crippen LogP contribution in [0.3, 0.4) is 0 Å². The van der Waals surface area contributed by atoms with Gasteiger partial charge in [-0.25, -0.2) is 4.79 Å². The summed E-state index contributed by atoms with van der Waals surface area (Å²) in [6.07, 6.45) is -0.370. The number of hydrogen-bond acceptors (Lipinski definition) is 5. The Balaban J connectivity index is 2.03. The number of β-amino-alcohol motifs (C(OH)–C–C–N with tert-alkyl or cyclic N) is 1. The number of benzene rings is 1. The van der Waals surface area contributed by atoms with E-state index in [1.54, 1.807) is 38.2 Å². The van der Waals surface area contributed by atoms with Crippen LogP contribution in [0.25, 0.3) is 0 Å². The molecule has 1 aromatic carbocycles. The Labute approximate surface area is 157 Å². The summed E-state index contributed by atoms with van der Waals surface area (Å²) in [5.41, 5.74) is 0.627. The maximum atomic E-state index is 12.6. The Hall–Kier alpha value is -1.51. The number of halogens is 1. The van der Waals surface area contributed by atoms with E-state index < -0.39 is 0 Å².